The number of carbonyl (C=O) groups is 1. The summed E-state index contributed by atoms with van der Waals surface area (Å²) in [6.07, 6.45) is 6.24. The van der Waals surface area contributed by atoms with Gasteiger partial charge in [-0.3, -0.25) is 4.79 Å². The fourth-order valence-corrected chi connectivity index (χ4v) is 2.86. The molecular formula is C11H18N2O3S. The van der Waals surface area contributed by atoms with Gasteiger partial charge < -0.3 is 0 Å². The quantitative estimate of drug-likeness (QED) is 0.752. The first-order chi connectivity index (χ1) is 7.97. The lowest BCUT2D eigenvalue weighted by atomic mass is 9.98. The highest BCUT2D eigenvalue weighted by atomic mass is 32.2. The Morgan fingerprint density at radius 2 is 2.12 bits per heavy atom. The second-order valence-electron chi connectivity index (χ2n) is 4.83. The van der Waals surface area contributed by atoms with E-state index in [0.29, 0.717) is 0 Å². The molecule has 0 spiro atoms. The molecule has 0 aromatic rings. The lowest BCUT2D eigenvalue weighted by Crippen LogP contribution is -2.31. The van der Waals surface area contributed by atoms with Gasteiger partial charge in [0.05, 0.1) is 23.9 Å². The Kier molecular flexibility index (Phi) is 3.51. The Balaban J connectivity index is 2.04. The first-order valence-corrected chi connectivity index (χ1v) is 8.10. The molecular weight excluding hydrogens is 240 g/mol. The Morgan fingerprint density at radius 3 is 2.82 bits per heavy atom. The number of hydrazone groups is 1. The van der Waals surface area contributed by atoms with E-state index in [1.807, 2.05) is 0 Å². The van der Waals surface area contributed by atoms with Gasteiger partial charge in [-0.2, -0.15) is 5.10 Å². The molecule has 0 saturated heterocycles. The summed E-state index contributed by atoms with van der Waals surface area (Å²) in [6, 6.07) is 0. The fraction of sp³-hybridized carbons (Fsp3) is 0.818. The molecule has 1 aliphatic carbocycles. The van der Waals surface area contributed by atoms with Gasteiger partial charge in [0, 0.05) is 6.26 Å². The minimum atomic E-state index is -3.04. The largest absolute Gasteiger partial charge is 0.272 e. The summed E-state index contributed by atoms with van der Waals surface area (Å²) >= 11 is 0. The van der Waals surface area contributed by atoms with Crippen molar-refractivity contribution in [2.24, 2.45) is 11.0 Å². The number of sulfone groups is 1. The Labute approximate surface area is 102 Å². The SMILES string of the molecule is CS(=O)(=O)CCN1N=C2CCCCCC2C1=O. The third-order valence-electron chi connectivity index (χ3n) is 3.30. The van der Waals surface area contributed by atoms with Crippen LogP contribution in [-0.4, -0.2) is 43.6 Å². The minimum absolute atomic E-state index is 0.00875. The molecule has 0 radical (unpaired) electrons. The molecule has 5 nitrogen and oxygen atoms in total. The molecule has 2 aliphatic rings. The van der Waals surface area contributed by atoms with Crippen LogP contribution in [-0.2, 0) is 14.6 Å². The predicted molar refractivity (Wildman–Crippen MR) is 65.4 cm³/mol. The normalized spacial score (nSPS) is 25.5. The van der Waals surface area contributed by atoms with E-state index >= 15 is 0 Å². The van der Waals surface area contributed by atoms with E-state index in [1.165, 1.54) is 11.3 Å². The van der Waals surface area contributed by atoms with Crippen molar-refractivity contribution in [3.05, 3.63) is 0 Å². The van der Waals surface area contributed by atoms with Crippen LogP contribution in [0.5, 0.6) is 0 Å². The molecule has 0 N–H and O–H groups in total. The molecule has 1 fully saturated rings. The van der Waals surface area contributed by atoms with Crippen molar-refractivity contribution in [1.29, 1.82) is 0 Å². The number of rotatable bonds is 3. The van der Waals surface area contributed by atoms with Gasteiger partial charge in [-0.15, -0.1) is 0 Å². The van der Waals surface area contributed by atoms with E-state index in [-0.39, 0.29) is 24.1 Å². The highest BCUT2D eigenvalue weighted by molar-refractivity contribution is 7.90. The lowest BCUT2D eigenvalue weighted by molar-refractivity contribution is -0.131. The van der Waals surface area contributed by atoms with Crippen molar-refractivity contribution in [3.63, 3.8) is 0 Å². The Morgan fingerprint density at radius 1 is 1.35 bits per heavy atom. The molecule has 6 heteroatoms. The summed E-state index contributed by atoms with van der Waals surface area (Å²) in [6.45, 7) is 0.192. The van der Waals surface area contributed by atoms with Crippen molar-refractivity contribution < 1.29 is 13.2 Å². The smallest absolute Gasteiger partial charge is 0.251 e. The molecule has 96 valence electrons. The third-order valence-corrected chi connectivity index (χ3v) is 4.23. The monoisotopic (exact) mass is 258 g/mol. The van der Waals surface area contributed by atoms with Gasteiger partial charge in [-0.25, -0.2) is 13.4 Å². The summed E-state index contributed by atoms with van der Waals surface area (Å²) in [4.78, 5) is 12.0. The topological polar surface area (TPSA) is 66.8 Å². The highest BCUT2D eigenvalue weighted by Crippen LogP contribution is 2.27. The third kappa shape index (κ3) is 3.06. The van der Waals surface area contributed by atoms with Crippen molar-refractivity contribution in [2.75, 3.05) is 18.6 Å². The van der Waals surface area contributed by atoms with Crippen LogP contribution in [0.25, 0.3) is 0 Å². The van der Waals surface area contributed by atoms with Crippen LogP contribution in [0.2, 0.25) is 0 Å². The second-order valence-corrected chi connectivity index (χ2v) is 7.09. The molecule has 0 aromatic heterocycles. The number of hydrogen-bond acceptors (Lipinski definition) is 4. The van der Waals surface area contributed by atoms with Crippen LogP contribution in [0.4, 0.5) is 0 Å². The molecule has 1 aliphatic heterocycles. The van der Waals surface area contributed by atoms with Crippen LogP contribution in [0.15, 0.2) is 5.10 Å². The van der Waals surface area contributed by atoms with E-state index < -0.39 is 9.84 Å². The summed E-state index contributed by atoms with van der Waals surface area (Å²) in [7, 11) is -3.04. The van der Waals surface area contributed by atoms with Gasteiger partial charge in [0.1, 0.15) is 9.84 Å². The first-order valence-electron chi connectivity index (χ1n) is 6.04. The molecule has 1 unspecified atom stereocenters. The Bertz CT molecular complexity index is 442. The maximum absolute atomic E-state index is 12.0. The molecule has 0 aromatic carbocycles. The molecule has 1 heterocycles. The predicted octanol–water partition coefficient (Wildman–Crippen LogP) is 0.809. The Hall–Kier alpha value is -0.910. The van der Waals surface area contributed by atoms with E-state index in [0.717, 1.165) is 37.8 Å². The van der Waals surface area contributed by atoms with Crippen LogP contribution in [0.1, 0.15) is 32.1 Å². The van der Waals surface area contributed by atoms with E-state index in [1.54, 1.807) is 0 Å². The molecule has 0 bridgehead atoms. The zero-order chi connectivity index (χ0) is 12.5. The van der Waals surface area contributed by atoms with Gasteiger partial charge in [0.2, 0.25) is 0 Å². The van der Waals surface area contributed by atoms with Crippen molar-refractivity contribution in [2.45, 2.75) is 32.1 Å². The first kappa shape index (κ1) is 12.5. The molecule has 1 amide bonds. The van der Waals surface area contributed by atoms with E-state index in [2.05, 4.69) is 5.10 Å². The number of nitrogens with zero attached hydrogens (tertiary/aromatic N) is 2. The van der Waals surface area contributed by atoms with Gasteiger partial charge in [0.25, 0.3) is 5.91 Å². The summed E-state index contributed by atoms with van der Waals surface area (Å²) < 4.78 is 22.2. The van der Waals surface area contributed by atoms with E-state index in [9.17, 15) is 13.2 Å². The number of hydrogen-bond donors (Lipinski definition) is 0. The molecule has 17 heavy (non-hydrogen) atoms. The lowest BCUT2D eigenvalue weighted by Gasteiger charge is -2.13. The minimum Gasteiger partial charge on any atom is -0.272 e. The van der Waals surface area contributed by atoms with Gasteiger partial charge in [-0.05, 0) is 19.3 Å². The summed E-state index contributed by atoms with van der Waals surface area (Å²) in [5.41, 5.74) is 0.959. The fourth-order valence-electron chi connectivity index (χ4n) is 2.35. The summed E-state index contributed by atoms with van der Waals surface area (Å²) in [5.74, 6) is -0.0926. The van der Waals surface area contributed by atoms with Gasteiger partial charge in [-0.1, -0.05) is 12.8 Å². The highest BCUT2D eigenvalue weighted by Gasteiger charge is 2.35. The number of amides is 1. The number of fused-ring (bicyclic) bond motifs is 1. The maximum Gasteiger partial charge on any atom is 0.251 e. The standard InChI is InChI=1S/C11H18N2O3S/c1-17(15,16)8-7-13-11(14)9-5-3-2-4-6-10(9)12-13/h9H,2-8H2,1H3. The van der Waals surface area contributed by atoms with Crippen LogP contribution >= 0.6 is 0 Å². The van der Waals surface area contributed by atoms with Crippen LogP contribution in [0, 0.1) is 5.92 Å². The van der Waals surface area contributed by atoms with E-state index in [4.69, 9.17) is 0 Å². The molecule has 2 rings (SSSR count). The van der Waals surface area contributed by atoms with Crippen molar-refractivity contribution in [3.8, 4) is 0 Å². The maximum atomic E-state index is 12.0. The van der Waals surface area contributed by atoms with Gasteiger partial charge in [0.15, 0.2) is 0 Å². The van der Waals surface area contributed by atoms with Gasteiger partial charge >= 0.3 is 0 Å². The summed E-state index contributed by atoms with van der Waals surface area (Å²) in [5, 5.41) is 5.64. The molecule has 1 atom stereocenters. The zero-order valence-electron chi connectivity index (χ0n) is 10.1. The van der Waals surface area contributed by atoms with Crippen molar-refractivity contribution in [1.82, 2.24) is 5.01 Å². The average molecular weight is 258 g/mol. The second kappa shape index (κ2) is 4.76. The van der Waals surface area contributed by atoms with Crippen molar-refractivity contribution >= 4 is 21.5 Å². The molecule has 1 saturated carbocycles. The number of carbonyl (C=O) groups excluding carboxylic acids is 1. The zero-order valence-corrected chi connectivity index (χ0v) is 10.9. The van der Waals surface area contributed by atoms with Crippen LogP contribution < -0.4 is 0 Å². The van der Waals surface area contributed by atoms with Crippen LogP contribution in [0.3, 0.4) is 0 Å². The average Bonchev–Trinajstić information content (AvgIpc) is 2.43.